The number of carbonyl (C=O) groups is 2. The van der Waals surface area contributed by atoms with E-state index in [-0.39, 0.29) is 5.56 Å². The molecule has 0 radical (unpaired) electrons. The zero-order valence-electron chi connectivity index (χ0n) is 14.7. The number of hydrogen-bond acceptors (Lipinski definition) is 4. The van der Waals surface area contributed by atoms with Crippen LogP contribution in [0.4, 0.5) is 18.0 Å². The van der Waals surface area contributed by atoms with Gasteiger partial charge in [0, 0.05) is 0 Å². The average molecular weight is 394 g/mol. The van der Waals surface area contributed by atoms with Crippen molar-refractivity contribution in [1.29, 1.82) is 0 Å². The van der Waals surface area contributed by atoms with E-state index in [9.17, 15) is 27.9 Å². The van der Waals surface area contributed by atoms with Gasteiger partial charge in [-0.1, -0.05) is 30.3 Å². The minimum Gasteiger partial charge on any atom is -0.457 e. The van der Waals surface area contributed by atoms with Gasteiger partial charge in [-0.05, 0) is 36.8 Å². The van der Waals surface area contributed by atoms with E-state index >= 15 is 0 Å². The molecule has 0 aromatic heterocycles. The summed E-state index contributed by atoms with van der Waals surface area (Å²) in [7, 11) is 0. The van der Waals surface area contributed by atoms with Gasteiger partial charge in [-0.3, -0.25) is 4.79 Å². The van der Waals surface area contributed by atoms with E-state index in [2.05, 4.69) is 5.32 Å². The first-order valence-corrected chi connectivity index (χ1v) is 8.33. The summed E-state index contributed by atoms with van der Waals surface area (Å²) in [5.41, 5.74) is -3.51. The van der Waals surface area contributed by atoms with Gasteiger partial charge >= 0.3 is 12.2 Å². The van der Waals surface area contributed by atoms with Crippen LogP contribution in [-0.2, 0) is 4.79 Å². The van der Waals surface area contributed by atoms with Crippen molar-refractivity contribution in [2.24, 2.45) is 5.92 Å². The number of alkyl halides is 3. The molecule has 0 saturated carbocycles. The van der Waals surface area contributed by atoms with E-state index in [1.165, 1.54) is 23.5 Å². The molecule has 1 heterocycles. The van der Waals surface area contributed by atoms with E-state index in [0.29, 0.717) is 11.5 Å². The van der Waals surface area contributed by atoms with Crippen LogP contribution in [0.5, 0.6) is 11.5 Å². The first-order chi connectivity index (χ1) is 13.1. The number of carbonyl (C=O) groups excluding carboxylic acids is 2. The molecule has 0 bridgehead atoms. The van der Waals surface area contributed by atoms with Gasteiger partial charge in [0.2, 0.25) is 5.72 Å². The van der Waals surface area contributed by atoms with Gasteiger partial charge in [0.1, 0.15) is 17.3 Å². The Labute approximate surface area is 158 Å². The van der Waals surface area contributed by atoms with Gasteiger partial charge in [0.25, 0.3) is 0 Å². The summed E-state index contributed by atoms with van der Waals surface area (Å²) in [5.74, 6) is -2.12. The lowest BCUT2D eigenvalue weighted by Gasteiger charge is -2.44. The summed E-state index contributed by atoms with van der Waals surface area (Å²) >= 11 is 0. The highest BCUT2D eigenvalue weighted by Gasteiger charge is 2.65. The van der Waals surface area contributed by atoms with Crippen LogP contribution in [0.25, 0.3) is 0 Å². The number of ether oxygens (including phenoxy) is 1. The number of amides is 2. The lowest BCUT2D eigenvalue weighted by Crippen LogP contribution is -2.72. The monoisotopic (exact) mass is 394 g/mol. The highest BCUT2D eigenvalue weighted by Crippen LogP contribution is 2.43. The van der Waals surface area contributed by atoms with Crippen LogP contribution in [0.1, 0.15) is 18.5 Å². The Bertz CT molecular complexity index is 888. The number of rotatable bonds is 4. The predicted octanol–water partition coefficient (Wildman–Crippen LogP) is 3.29. The van der Waals surface area contributed by atoms with Gasteiger partial charge in [0.05, 0.1) is 12.0 Å². The van der Waals surface area contributed by atoms with Crippen molar-refractivity contribution in [3.8, 4) is 11.5 Å². The molecule has 6 nitrogen and oxygen atoms in total. The van der Waals surface area contributed by atoms with Crippen molar-refractivity contribution in [2.45, 2.75) is 24.9 Å². The fraction of sp³-hybridized carbons (Fsp3) is 0.263. The van der Waals surface area contributed by atoms with E-state index in [1.807, 2.05) is 0 Å². The SMILES string of the molecule is CC(=O)[C@@H]1[C@@H](c2cccc(Oc3ccccc3)c2)NC(=O)N[C@]1(O)C(F)(F)F. The quantitative estimate of drug-likeness (QED) is 0.743. The zero-order chi connectivity index (χ0) is 20.5. The van der Waals surface area contributed by atoms with Crippen molar-refractivity contribution in [1.82, 2.24) is 10.6 Å². The average Bonchev–Trinajstić information content (AvgIpc) is 2.61. The molecule has 3 atom stereocenters. The summed E-state index contributed by atoms with van der Waals surface area (Å²) in [6.45, 7) is 0.928. The molecular weight excluding hydrogens is 377 g/mol. The molecule has 1 aliphatic heterocycles. The molecule has 0 aliphatic carbocycles. The standard InChI is InChI=1S/C19H17F3N2O4/c1-11(25)15-16(23-17(26)24-18(15,27)19(20,21)22)12-6-5-9-14(10-12)28-13-7-3-2-4-8-13/h2-10,15-16,27H,1H3,(H2,23,24,26)/t15-,16-,18-/m1/s1. The topological polar surface area (TPSA) is 87.7 Å². The third-order valence-electron chi connectivity index (χ3n) is 4.44. The lowest BCUT2D eigenvalue weighted by atomic mass is 9.79. The van der Waals surface area contributed by atoms with Crippen molar-refractivity contribution in [3.63, 3.8) is 0 Å². The van der Waals surface area contributed by atoms with Crippen LogP contribution in [0.2, 0.25) is 0 Å². The summed E-state index contributed by atoms with van der Waals surface area (Å²) < 4.78 is 46.1. The van der Waals surface area contributed by atoms with Crippen molar-refractivity contribution >= 4 is 11.8 Å². The predicted molar refractivity (Wildman–Crippen MR) is 92.5 cm³/mol. The summed E-state index contributed by atoms with van der Waals surface area (Å²) in [6, 6.07) is 12.0. The lowest BCUT2D eigenvalue weighted by molar-refractivity contribution is -0.290. The summed E-state index contributed by atoms with van der Waals surface area (Å²) in [4.78, 5) is 23.9. The molecule has 3 rings (SSSR count). The van der Waals surface area contributed by atoms with E-state index in [1.54, 1.807) is 36.4 Å². The number of benzene rings is 2. The second-order valence-electron chi connectivity index (χ2n) is 6.42. The number of halogens is 3. The maximum Gasteiger partial charge on any atom is 0.437 e. The molecule has 1 aliphatic rings. The highest BCUT2D eigenvalue weighted by atomic mass is 19.4. The largest absolute Gasteiger partial charge is 0.457 e. The minimum absolute atomic E-state index is 0.186. The molecule has 9 heteroatoms. The molecule has 2 aromatic carbocycles. The third-order valence-corrected chi connectivity index (χ3v) is 4.44. The number of nitrogens with one attached hydrogen (secondary N) is 2. The number of hydrogen-bond donors (Lipinski definition) is 3. The second kappa shape index (κ2) is 7.16. The molecule has 28 heavy (non-hydrogen) atoms. The fourth-order valence-corrected chi connectivity index (χ4v) is 3.20. The molecule has 1 saturated heterocycles. The Balaban J connectivity index is 2.00. The first-order valence-electron chi connectivity index (χ1n) is 8.33. The molecule has 0 spiro atoms. The number of aliphatic hydroxyl groups is 1. The molecule has 2 amide bonds. The summed E-state index contributed by atoms with van der Waals surface area (Å²) in [5, 5.41) is 13.9. The second-order valence-corrected chi connectivity index (χ2v) is 6.42. The number of urea groups is 1. The smallest absolute Gasteiger partial charge is 0.437 e. The van der Waals surface area contributed by atoms with Crippen LogP contribution < -0.4 is 15.4 Å². The van der Waals surface area contributed by atoms with E-state index in [4.69, 9.17) is 4.74 Å². The highest BCUT2D eigenvalue weighted by molar-refractivity contribution is 5.86. The van der Waals surface area contributed by atoms with Gasteiger partial charge in [0.15, 0.2) is 0 Å². The van der Waals surface area contributed by atoms with Crippen LogP contribution >= 0.6 is 0 Å². The number of Topliss-reactive ketones (excluding diaryl/α,β-unsaturated/α-hetero) is 1. The van der Waals surface area contributed by atoms with Crippen molar-refractivity contribution < 1.29 is 32.6 Å². The Morgan fingerprint density at radius 3 is 2.36 bits per heavy atom. The normalized spacial score (nSPS) is 24.8. The van der Waals surface area contributed by atoms with Crippen LogP contribution in [0, 0.1) is 5.92 Å². The van der Waals surface area contributed by atoms with Gasteiger partial charge in [-0.25, -0.2) is 4.79 Å². The molecule has 3 N–H and O–H groups in total. The van der Waals surface area contributed by atoms with Crippen LogP contribution in [0.3, 0.4) is 0 Å². The van der Waals surface area contributed by atoms with Crippen LogP contribution in [-0.4, -0.2) is 28.8 Å². The Morgan fingerprint density at radius 2 is 1.75 bits per heavy atom. The van der Waals surface area contributed by atoms with Crippen molar-refractivity contribution in [3.05, 3.63) is 60.2 Å². The fourth-order valence-electron chi connectivity index (χ4n) is 3.20. The third kappa shape index (κ3) is 3.65. The van der Waals surface area contributed by atoms with E-state index < -0.39 is 35.7 Å². The zero-order valence-corrected chi connectivity index (χ0v) is 14.7. The van der Waals surface area contributed by atoms with Gasteiger partial charge < -0.3 is 20.5 Å². The van der Waals surface area contributed by atoms with Crippen LogP contribution in [0.15, 0.2) is 54.6 Å². The molecular formula is C19H17F3N2O4. The van der Waals surface area contributed by atoms with Gasteiger partial charge in [-0.2, -0.15) is 13.2 Å². The Morgan fingerprint density at radius 1 is 1.11 bits per heavy atom. The number of para-hydroxylation sites is 1. The maximum atomic E-state index is 13.5. The molecule has 148 valence electrons. The molecule has 0 unspecified atom stereocenters. The molecule has 1 fully saturated rings. The van der Waals surface area contributed by atoms with Crippen molar-refractivity contribution in [2.75, 3.05) is 0 Å². The minimum atomic E-state index is -5.25. The number of ketones is 1. The van der Waals surface area contributed by atoms with E-state index in [0.717, 1.165) is 6.92 Å². The Hall–Kier alpha value is -3.07. The maximum absolute atomic E-state index is 13.5. The Kier molecular flexibility index (Phi) is 5.03. The van der Waals surface area contributed by atoms with Gasteiger partial charge in [-0.15, -0.1) is 0 Å². The summed E-state index contributed by atoms with van der Waals surface area (Å²) in [6.07, 6.45) is -5.25. The molecule has 2 aromatic rings. The first kappa shape index (κ1) is 19.7.